The van der Waals surface area contributed by atoms with E-state index in [-0.39, 0.29) is 5.41 Å². The molecule has 0 heterocycles. The van der Waals surface area contributed by atoms with Gasteiger partial charge in [0.1, 0.15) is 5.84 Å². The van der Waals surface area contributed by atoms with Crippen molar-refractivity contribution in [3.63, 3.8) is 0 Å². The predicted octanol–water partition coefficient (Wildman–Crippen LogP) is 4.55. The molecule has 1 rings (SSSR count). The maximum absolute atomic E-state index is 5.97. The average Bonchev–Trinajstić information content (AvgIpc) is 2.08. The molecule has 0 amide bonds. The number of benzene rings is 1. The molecule has 0 saturated carbocycles. The fourth-order valence-electron chi connectivity index (χ4n) is 1.09. The molecule has 0 aliphatic heterocycles. The third kappa shape index (κ3) is 3.32. The van der Waals surface area contributed by atoms with Crippen molar-refractivity contribution in [1.82, 2.24) is 0 Å². The van der Waals surface area contributed by atoms with E-state index >= 15 is 0 Å². The van der Waals surface area contributed by atoms with Gasteiger partial charge in [-0.05, 0) is 56.5 Å². The van der Waals surface area contributed by atoms with Gasteiger partial charge in [-0.25, -0.2) is 4.99 Å². The third-order valence-electron chi connectivity index (χ3n) is 2.16. The van der Waals surface area contributed by atoms with Gasteiger partial charge in [-0.3, -0.25) is 0 Å². The number of nitrogens with two attached hydrogens (primary N) is 1. The van der Waals surface area contributed by atoms with Gasteiger partial charge in [-0.1, -0.05) is 20.8 Å². The molecule has 0 aromatic heterocycles. The van der Waals surface area contributed by atoms with Crippen molar-refractivity contribution in [1.29, 1.82) is 0 Å². The van der Waals surface area contributed by atoms with Gasteiger partial charge in [-0.2, -0.15) is 0 Å². The lowest BCUT2D eigenvalue weighted by molar-refractivity contribution is 0.585. The van der Waals surface area contributed by atoms with Gasteiger partial charge in [0.15, 0.2) is 0 Å². The molecule has 0 bridgehead atoms. The van der Waals surface area contributed by atoms with Gasteiger partial charge in [0, 0.05) is 14.4 Å². The molecular weight excluding hydrogens is 332 g/mol. The molecule has 0 aliphatic rings. The van der Waals surface area contributed by atoms with Crippen molar-refractivity contribution in [2.75, 3.05) is 0 Å². The Bertz CT molecular complexity index is 408. The molecule has 0 atom stereocenters. The maximum atomic E-state index is 5.97. The molecule has 0 aliphatic carbocycles. The number of nitrogens with zero attached hydrogens (tertiary/aromatic N) is 1. The molecule has 0 spiro atoms. The molecule has 1 aromatic rings. The second-order valence-corrected chi connectivity index (χ2v) is 6.53. The second-order valence-electron chi connectivity index (χ2n) is 4.82. The summed E-state index contributed by atoms with van der Waals surface area (Å²) < 4.78 is 1.90. The largest absolute Gasteiger partial charge is 0.387 e. The van der Waals surface area contributed by atoms with E-state index in [2.05, 4.69) is 36.9 Å². The van der Waals surface area contributed by atoms with Gasteiger partial charge in [0.2, 0.25) is 0 Å². The summed E-state index contributed by atoms with van der Waals surface area (Å²) in [6.07, 6.45) is 0. The van der Waals surface area contributed by atoms with Crippen molar-refractivity contribution >= 4 is 43.4 Å². The third-order valence-corrected chi connectivity index (χ3v) is 3.37. The Kier molecular flexibility index (Phi) is 4.18. The molecule has 16 heavy (non-hydrogen) atoms. The first-order valence-corrected chi connectivity index (χ1v) is 6.60. The standard InChI is InChI=1S/C12H16Br2N2/c1-7-5-8(13)10(9(14)6-7)16-11(15)12(2,3)4/h5-6H,1-4H3,(H2,15,16). The monoisotopic (exact) mass is 346 g/mol. The SMILES string of the molecule is Cc1cc(Br)c(N=C(N)C(C)(C)C)c(Br)c1. The Morgan fingerprint density at radius 1 is 1.19 bits per heavy atom. The summed E-state index contributed by atoms with van der Waals surface area (Å²) in [6.45, 7) is 8.17. The highest BCUT2D eigenvalue weighted by Crippen LogP contribution is 2.35. The lowest BCUT2D eigenvalue weighted by atomic mass is 9.95. The summed E-state index contributed by atoms with van der Waals surface area (Å²) in [4.78, 5) is 4.47. The van der Waals surface area contributed by atoms with E-state index < -0.39 is 0 Å². The summed E-state index contributed by atoms with van der Waals surface area (Å²) in [5.74, 6) is 0.623. The predicted molar refractivity (Wildman–Crippen MR) is 77.3 cm³/mol. The molecule has 0 saturated heterocycles. The molecule has 0 unspecified atom stereocenters. The highest BCUT2D eigenvalue weighted by atomic mass is 79.9. The molecule has 4 heteroatoms. The minimum Gasteiger partial charge on any atom is -0.387 e. The molecule has 1 aromatic carbocycles. The lowest BCUT2D eigenvalue weighted by Gasteiger charge is -2.18. The van der Waals surface area contributed by atoms with E-state index in [1.807, 2.05) is 39.8 Å². The van der Waals surface area contributed by atoms with Crippen LogP contribution >= 0.6 is 31.9 Å². The van der Waals surface area contributed by atoms with Crippen LogP contribution in [0, 0.1) is 12.3 Å². The van der Waals surface area contributed by atoms with Crippen molar-refractivity contribution in [2.45, 2.75) is 27.7 Å². The van der Waals surface area contributed by atoms with Crippen LogP contribution in [-0.4, -0.2) is 5.84 Å². The van der Waals surface area contributed by atoms with Crippen molar-refractivity contribution in [2.24, 2.45) is 16.1 Å². The zero-order chi connectivity index (χ0) is 12.5. The van der Waals surface area contributed by atoms with Crippen molar-refractivity contribution in [3.05, 3.63) is 26.6 Å². The fourth-order valence-corrected chi connectivity index (χ4v) is 2.68. The van der Waals surface area contributed by atoms with Crippen LogP contribution in [0.25, 0.3) is 0 Å². The maximum Gasteiger partial charge on any atom is 0.105 e. The number of halogens is 2. The van der Waals surface area contributed by atoms with Crippen LogP contribution in [-0.2, 0) is 0 Å². The molecule has 2 N–H and O–H groups in total. The molecule has 2 nitrogen and oxygen atoms in total. The molecular formula is C12H16Br2N2. The molecule has 88 valence electrons. The number of amidine groups is 1. The van der Waals surface area contributed by atoms with E-state index in [0.29, 0.717) is 5.84 Å². The number of hydrogen-bond donors (Lipinski definition) is 1. The zero-order valence-electron chi connectivity index (χ0n) is 9.94. The minimum atomic E-state index is -0.121. The van der Waals surface area contributed by atoms with Gasteiger partial charge < -0.3 is 5.73 Å². The topological polar surface area (TPSA) is 38.4 Å². The van der Waals surface area contributed by atoms with E-state index in [1.54, 1.807) is 0 Å². The average molecular weight is 348 g/mol. The Labute approximate surface area is 114 Å². The summed E-state index contributed by atoms with van der Waals surface area (Å²) in [5, 5.41) is 0. The van der Waals surface area contributed by atoms with Gasteiger partial charge >= 0.3 is 0 Å². The first kappa shape index (κ1) is 13.7. The quantitative estimate of drug-likeness (QED) is 0.587. The van der Waals surface area contributed by atoms with Crippen LogP contribution in [0.15, 0.2) is 26.1 Å². The number of hydrogen-bond acceptors (Lipinski definition) is 1. The zero-order valence-corrected chi connectivity index (χ0v) is 13.1. The fraction of sp³-hybridized carbons (Fsp3) is 0.417. The number of aliphatic imine (C=N–C) groups is 1. The first-order chi connectivity index (χ1) is 7.21. The second kappa shape index (κ2) is 4.88. The van der Waals surface area contributed by atoms with Crippen LogP contribution < -0.4 is 5.73 Å². The lowest BCUT2D eigenvalue weighted by Crippen LogP contribution is -2.28. The van der Waals surface area contributed by atoms with Gasteiger partial charge in [-0.15, -0.1) is 0 Å². The van der Waals surface area contributed by atoms with Gasteiger partial charge in [0.05, 0.1) is 5.69 Å². The Morgan fingerprint density at radius 3 is 2.00 bits per heavy atom. The summed E-state index contributed by atoms with van der Waals surface area (Å²) in [5.41, 5.74) is 7.86. The van der Waals surface area contributed by atoms with Crippen LogP contribution in [0.2, 0.25) is 0 Å². The van der Waals surface area contributed by atoms with Crippen LogP contribution in [0.4, 0.5) is 5.69 Å². The van der Waals surface area contributed by atoms with E-state index in [1.165, 1.54) is 5.56 Å². The summed E-state index contributed by atoms with van der Waals surface area (Å²) in [6, 6.07) is 4.05. The van der Waals surface area contributed by atoms with Crippen molar-refractivity contribution < 1.29 is 0 Å². The number of aryl methyl sites for hydroxylation is 1. The van der Waals surface area contributed by atoms with Crippen LogP contribution in [0.5, 0.6) is 0 Å². The van der Waals surface area contributed by atoms with Gasteiger partial charge in [0.25, 0.3) is 0 Å². The van der Waals surface area contributed by atoms with E-state index in [4.69, 9.17) is 5.73 Å². The Balaban J connectivity index is 3.26. The summed E-state index contributed by atoms with van der Waals surface area (Å²) in [7, 11) is 0. The van der Waals surface area contributed by atoms with E-state index in [9.17, 15) is 0 Å². The Hall–Kier alpha value is -0.350. The Morgan fingerprint density at radius 2 is 1.62 bits per heavy atom. The van der Waals surface area contributed by atoms with Crippen LogP contribution in [0.3, 0.4) is 0 Å². The highest BCUT2D eigenvalue weighted by molar-refractivity contribution is 9.11. The molecule has 0 fully saturated rings. The van der Waals surface area contributed by atoms with Crippen molar-refractivity contribution in [3.8, 4) is 0 Å². The molecule has 0 radical (unpaired) electrons. The normalized spacial score (nSPS) is 13.0. The highest BCUT2D eigenvalue weighted by Gasteiger charge is 2.16. The minimum absolute atomic E-state index is 0.121. The first-order valence-electron chi connectivity index (χ1n) is 5.02. The van der Waals surface area contributed by atoms with E-state index in [0.717, 1.165) is 14.6 Å². The smallest absolute Gasteiger partial charge is 0.105 e. The number of rotatable bonds is 1. The van der Waals surface area contributed by atoms with Crippen LogP contribution in [0.1, 0.15) is 26.3 Å². The summed E-state index contributed by atoms with van der Waals surface area (Å²) >= 11 is 7.00.